The third kappa shape index (κ3) is 3.04. The topological polar surface area (TPSA) is 75.0 Å². The Morgan fingerprint density at radius 2 is 1.94 bits per heavy atom. The zero-order valence-corrected chi connectivity index (χ0v) is 17.8. The van der Waals surface area contributed by atoms with E-state index in [-0.39, 0.29) is 11.9 Å². The van der Waals surface area contributed by atoms with Gasteiger partial charge in [-0.05, 0) is 50.2 Å². The molecule has 4 aliphatic rings. The number of nitrogens with one attached hydrogen (secondary N) is 1. The van der Waals surface area contributed by atoms with Gasteiger partial charge in [0.1, 0.15) is 11.4 Å². The number of hydrogen-bond acceptors (Lipinski definition) is 6. The van der Waals surface area contributed by atoms with Gasteiger partial charge in [0.25, 0.3) is 5.91 Å². The van der Waals surface area contributed by atoms with Gasteiger partial charge in [-0.1, -0.05) is 18.2 Å². The molecule has 2 atom stereocenters. The lowest BCUT2D eigenvalue weighted by molar-refractivity contribution is 0.0603. The lowest BCUT2D eigenvalue weighted by Crippen LogP contribution is -2.51. The molecule has 162 valence electrons. The molecule has 8 nitrogen and oxygen atoms in total. The van der Waals surface area contributed by atoms with E-state index in [2.05, 4.69) is 10.2 Å². The Kier molecular flexibility index (Phi) is 4.49. The third-order valence-electron chi connectivity index (χ3n) is 7.06. The van der Waals surface area contributed by atoms with Crippen LogP contribution in [0.4, 0.5) is 17.3 Å². The Hall–Kier alpha value is -2.87. The fourth-order valence-electron chi connectivity index (χ4n) is 5.40. The number of ether oxygens (including phenoxy) is 1. The molecule has 2 aromatic rings. The molecular formula is C23H28N6O2. The quantitative estimate of drug-likeness (QED) is 0.822. The standard InChI is InChI=1S/C23H28N6O2/c1-27-22(30)19-20(24-16-6-3-2-4-7-16)28(14-15-10-12-31-13-11-15)26-21(19)29-18-9-5-8-17(18)25-23(27)29/h2-4,6-7,15,17-18,24H,5,8-14H2,1H3/t17-,18+/m1/s1. The number of guanidine groups is 1. The van der Waals surface area contributed by atoms with Crippen LogP contribution in [0.15, 0.2) is 35.3 Å². The van der Waals surface area contributed by atoms with Crippen molar-refractivity contribution >= 4 is 29.2 Å². The fraction of sp³-hybridized carbons (Fsp3) is 0.522. The highest BCUT2D eigenvalue weighted by molar-refractivity contribution is 6.21. The Morgan fingerprint density at radius 1 is 1.13 bits per heavy atom. The van der Waals surface area contributed by atoms with Gasteiger partial charge in [-0.15, -0.1) is 0 Å². The molecule has 4 heterocycles. The van der Waals surface area contributed by atoms with Crippen LogP contribution in [0.1, 0.15) is 42.5 Å². The van der Waals surface area contributed by atoms with Gasteiger partial charge >= 0.3 is 0 Å². The summed E-state index contributed by atoms with van der Waals surface area (Å²) in [5, 5.41) is 8.56. The minimum Gasteiger partial charge on any atom is -0.381 e. The van der Waals surface area contributed by atoms with Crippen molar-refractivity contribution in [2.24, 2.45) is 10.9 Å². The van der Waals surface area contributed by atoms with Crippen LogP contribution in [-0.4, -0.2) is 58.9 Å². The second-order valence-electron chi connectivity index (χ2n) is 9.00. The number of rotatable bonds is 4. The van der Waals surface area contributed by atoms with Crippen molar-refractivity contribution in [2.45, 2.75) is 50.7 Å². The molecule has 1 saturated heterocycles. The van der Waals surface area contributed by atoms with E-state index in [4.69, 9.17) is 14.8 Å². The van der Waals surface area contributed by atoms with Crippen molar-refractivity contribution in [3.05, 3.63) is 35.9 Å². The van der Waals surface area contributed by atoms with Gasteiger partial charge in [0.2, 0.25) is 5.96 Å². The second kappa shape index (κ2) is 7.37. The molecule has 8 heteroatoms. The summed E-state index contributed by atoms with van der Waals surface area (Å²) in [6.07, 6.45) is 5.38. The highest BCUT2D eigenvalue weighted by Crippen LogP contribution is 2.43. The Morgan fingerprint density at radius 3 is 2.74 bits per heavy atom. The van der Waals surface area contributed by atoms with Crippen molar-refractivity contribution in [2.75, 3.05) is 30.5 Å². The average Bonchev–Trinajstić information content (AvgIpc) is 3.47. The Balaban J connectivity index is 1.45. The van der Waals surface area contributed by atoms with E-state index in [0.717, 1.165) is 68.7 Å². The predicted octanol–water partition coefficient (Wildman–Crippen LogP) is 3.24. The number of fused-ring (bicyclic) bond motifs is 5. The molecule has 2 fully saturated rings. The molecule has 1 amide bonds. The zero-order valence-electron chi connectivity index (χ0n) is 17.8. The smallest absolute Gasteiger partial charge is 0.267 e. The highest BCUT2D eigenvalue weighted by Gasteiger charge is 2.49. The summed E-state index contributed by atoms with van der Waals surface area (Å²) in [5.74, 6) is 2.76. The molecule has 0 unspecified atom stereocenters. The molecule has 1 aliphatic carbocycles. The van der Waals surface area contributed by atoms with Crippen molar-refractivity contribution in [1.29, 1.82) is 0 Å². The minimum atomic E-state index is -0.0402. The number of nitrogens with zero attached hydrogens (tertiary/aromatic N) is 5. The van der Waals surface area contributed by atoms with E-state index in [1.54, 1.807) is 4.90 Å². The summed E-state index contributed by atoms with van der Waals surface area (Å²) in [6.45, 7) is 2.36. The van der Waals surface area contributed by atoms with Crippen molar-refractivity contribution in [3.63, 3.8) is 0 Å². The maximum Gasteiger partial charge on any atom is 0.267 e. The van der Waals surface area contributed by atoms with Gasteiger partial charge in [-0.2, -0.15) is 5.10 Å². The lowest BCUT2D eigenvalue weighted by Gasteiger charge is -2.34. The first-order valence-electron chi connectivity index (χ1n) is 11.4. The molecule has 0 radical (unpaired) electrons. The maximum atomic E-state index is 13.5. The van der Waals surface area contributed by atoms with Crippen LogP contribution >= 0.6 is 0 Å². The van der Waals surface area contributed by atoms with E-state index >= 15 is 0 Å². The number of benzene rings is 1. The van der Waals surface area contributed by atoms with Crippen LogP contribution in [0.2, 0.25) is 0 Å². The number of anilines is 3. The minimum absolute atomic E-state index is 0.0402. The molecule has 0 spiro atoms. The van der Waals surface area contributed by atoms with E-state index in [9.17, 15) is 4.79 Å². The van der Waals surface area contributed by atoms with Crippen molar-refractivity contribution in [1.82, 2.24) is 14.7 Å². The first-order chi connectivity index (χ1) is 15.2. The van der Waals surface area contributed by atoms with Gasteiger partial charge in [-0.25, -0.2) is 9.67 Å². The number of hydrogen-bond donors (Lipinski definition) is 1. The highest BCUT2D eigenvalue weighted by atomic mass is 16.5. The summed E-state index contributed by atoms with van der Waals surface area (Å²) in [5.41, 5.74) is 1.61. The number of para-hydroxylation sites is 1. The number of aliphatic imine (C=N–C) groups is 1. The molecule has 0 bridgehead atoms. The van der Waals surface area contributed by atoms with E-state index in [1.165, 1.54) is 6.42 Å². The van der Waals surface area contributed by atoms with Crippen LogP contribution < -0.4 is 10.2 Å². The molecule has 31 heavy (non-hydrogen) atoms. The maximum absolute atomic E-state index is 13.5. The molecule has 1 aromatic heterocycles. The predicted molar refractivity (Wildman–Crippen MR) is 119 cm³/mol. The summed E-state index contributed by atoms with van der Waals surface area (Å²) in [7, 11) is 1.83. The largest absolute Gasteiger partial charge is 0.381 e. The fourth-order valence-corrected chi connectivity index (χ4v) is 5.40. The Labute approximate surface area is 181 Å². The molecule has 1 N–H and O–H groups in total. The first kappa shape index (κ1) is 18.9. The van der Waals surface area contributed by atoms with Gasteiger partial charge in [-0.3, -0.25) is 14.6 Å². The Bertz CT molecular complexity index is 1030. The van der Waals surface area contributed by atoms with E-state index in [0.29, 0.717) is 17.5 Å². The van der Waals surface area contributed by atoms with Gasteiger partial charge in [0.05, 0.1) is 12.1 Å². The molecule has 1 saturated carbocycles. The van der Waals surface area contributed by atoms with Crippen LogP contribution in [0, 0.1) is 5.92 Å². The zero-order chi connectivity index (χ0) is 20.9. The van der Waals surface area contributed by atoms with E-state index in [1.807, 2.05) is 42.1 Å². The third-order valence-corrected chi connectivity index (χ3v) is 7.06. The lowest BCUT2D eigenvalue weighted by atomic mass is 10.0. The monoisotopic (exact) mass is 420 g/mol. The number of carbonyl (C=O) groups is 1. The van der Waals surface area contributed by atoms with Crippen LogP contribution in [0.5, 0.6) is 0 Å². The summed E-state index contributed by atoms with van der Waals surface area (Å²) in [6, 6.07) is 10.6. The van der Waals surface area contributed by atoms with Crippen molar-refractivity contribution in [3.8, 4) is 0 Å². The van der Waals surface area contributed by atoms with Crippen LogP contribution in [-0.2, 0) is 11.3 Å². The molecule has 6 rings (SSSR count). The van der Waals surface area contributed by atoms with Gasteiger partial charge in [0.15, 0.2) is 5.82 Å². The van der Waals surface area contributed by atoms with Crippen molar-refractivity contribution < 1.29 is 9.53 Å². The number of amides is 1. The first-order valence-corrected chi connectivity index (χ1v) is 11.4. The van der Waals surface area contributed by atoms with Gasteiger partial charge < -0.3 is 10.1 Å². The molecule has 3 aliphatic heterocycles. The number of carbonyl (C=O) groups excluding carboxylic acids is 1. The molecular weight excluding hydrogens is 392 g/mol. The molecule has 1 aromatic carbocycles. The average molecular weight is 421 g/mol. The van der Waals surface area contributed by atoms with Gasteiger partial charge in [0, 0.05) is 32.5 Å². The summed E-state index contributed by atoms with van der Waals surface area (Å²) < 4.78 is 7.57. The van der Waals surface area contributed by atoms with E-state index < -0.39 is 0 Å². The number of aromatic nitrogens is 2. The van der Waals surface area contributed by atoms with Crippen LogP contribution in [0.3, 0.4) is 0 Å². The normalized spacial score (nSPS) is 25.3. The van der Waals surface area contributed by atoms with Crippen LogP contribution in [0.25, 0.3) is 0 Å². The summed E-state index contributed by atoms with van der Waals surface area (Å²) in [4.78, 5) is 22.3. The second-order valence-corrected chi connectivity index (χ2v) is 9.00. The summed E-state index contributed by atoms with van der Waals surface area (Å²) >= 11 is 0. The SMILES string of the molecule is CN1C(=O)c2c(nn(CC3CCOCC3)c2Nc2ccccc2)N2C1=N[C@@H]1CCC[C@@H]12.